The quantitative estimate of drug-likeness (QED) is 0.0282. The average molecular weight is 1310 g/mol. The second kappa shape index (κ2) is 29.8. The summed E-state index contributed by atoms with van der Waals surface area (Å²) in [5.41, 5.74) is 8.37. The molecular formula is C88H104O9. The Morgan fingerprint density at radius 1 is 0.361 bits per heavy atom. The van der Waals surface area contributed by atoms with Gasteiger partial charge < -0.3 is 23.7 Å². The van der Waals surface area contributed by atoms with Crippen molar-refractivity contribution in [2.75, 3.05) is 0 Å². The molecule has 0 unspecified atom stereocenters. The number of benzene rings is 8. The molecule has 0 atom stereocenters. The molecule has 2 aliphatic carbocycles. The van der Waals surface area contributed by atoms with Crippen LogP contribution in [0.15, 0.2) is 158 Å². The number of hydrogen-bond acceptors (Lipinski definition) is 9. The van der Waals surface area contributed by atoms with Crippen molar-refractivity contribution >= 4 is 34.3 Å². The molecule has 0 aliphatic heterocycles. The molecule has 8 aromatic rings. The standard InChI is InChI=1S/C88H104O9/c1-15-83(13,16-2)79(89)63-33-41-73(42-34-63)93-74-43-35-64(36-44-74)81(91)94-75-45-37-69(53-59(75)9)86(51-27-24-28-52-86)72-40-48-78(62(12)56-72)97-88(21-7,22-8)87(19-5,20-6)80(90)67-31-29-66-58-68(32-30-65(66)57-67)82(92)95-76-46-38-70(54-60(76)10)85(49-25-23-26-50-85)71-39-47-77(61(11)55-71)96-84(14,17-3)18-4/h29-48,53-58H,15-28,49-52H2,1-14H3. The van der Waals surface area contributed by atoms with Gasteiger partial charge in [-0.2, -0.15) is 0 Å². The van der Waals surface area contributed by atoms with Gasteiger partial charge in [0.25, 0.3) is 0 Å². The van der Waals surface area contributed by atoms with Crippen LogP contribution in [0.25, 0.3) is 10.8 Å². The van der Waals surface area contributed by atoms with Crippen LogP contribution in [0.4, 0.5) is 0 Å². The van der Waals surface area contributed by atoms with E-state index < -0.39 is 28.4 Å². The summed E-state index contributed by atoms with van der Waals surface area (Å²) in [4.78, 5) is 56.4. The first kappa shape index (κ1) is 71.5. The van der Waals surface area contributed by atoms with E-state index in [9.17, 15) is 14.4 Å². The SMILES string of the molecule is CCC(C)(CC)Oc1ccc(C2(c3ccc(OC(=O)c4ccc5cc(C(=O)C(CC)(CC)C(CC)(CC)Oc6ccc(C7(c8ccc(OC(=O)c9ccc(Oc%10ccc(C(=O)C(C)(CC)CC)cc%10)cc9)c(C)c8)CCCCC7)cc6C)ccc5c4)c(C)c3)CCCCC2)cc1C. The Kier molecular flexibility index (Phi) is 22.0. The lowest BCUT2D eigenvalue weighted by molar-refractivity contribution is -0.0553. The van der Waals surface area contributed by atoms with E-state index in [0.29, 0.717) is 70.9 Å². The molecule has 10 rings (SSSR count). The number of ether oxygens (including phenoxy) is 5. The first-order valence-electron chi connectivity index (χ1n) is 36.3. The second-order valence-corrected chi connectivity index (χ2v) is 28.7. The molecule has 2 fully saturated rings. The van der Waals surface area contributed by atoms with Crippen LogP contribution in [-0.2, 0) is 10.8 Å². The van der Waals surface area contributed by atoms with Gasteiger partial charge in [0.2, 0.25) is 0 Å². The van der Waals surface area contributed by atoms with Gasteiger partial charge in [0.1, 0.15) is 45.7 Å². The van der Waals surface area contributed by atoms with E-state index in [1.54, 1.807) is 42.5 Å². The molecule has 0 amide bonds. The van der Waals surface area contributed by atoms with Crippen molar-refractivity contribution in [2.45, 2.75) is 235 Å². The molecule has 0 saturated heterocycles. The Morgan fingerprint density at radius 2 is 0.732 bits per heavy atom. The molecular weight excluding hydrogens is 1200 g/mol. The largest absolute Gasteiger partial charge is 0.487 e. The predicted octanol–water partition coefficient (Wildman–Crippen LogP) is 23.4. The Morgan fingerprint density at radius 3 is 1.12 bits per heavy atom. The van der Waals surface area contributed by atoms with Gasteiger partial charge in [-0.3, -0.25) is 9.59 Å². The van der Waals surface area contributed by atoms with Crippen molar-refractivity contribution in [2.24, 2.45) is 10.8 Å². The van der Waals surface area contributed by atoms with Crippen molar-refractivity contribution in [1.29, 1.82) is 0 Å². The molecule has 0 bridgehead atoms. The predicted molar refractivity (Wildman–Crippen MR) is 393 cm³/mol. The van der Waals surface area contributed by atoms with Crippen molar-refractivity contribution in [1.82, 2.24) is 0 Å². The van der Waals surface area contributed by atoms with Crippen LogP contribution in [0.1, 0.15) is 271 Å². The van der Waals surface area contributed by atoms with Gasteiger partial charge in [0.15, 0.2) is 11.6 Å². The average Bonchev–Trinajstić information content (AvgIpc) is 0.716. The second-order valence-electron chi connectivity index (χ2n) is 28.7. The summed E-state index contributed by atoms with van der Waals surface area (Å²) >= 11 is 0. The first-order chi connectivity index (χ1) is 46.5. The van der Waals surface area contributed by atoms with Crippen molar-refractivity contribution in [3.63, 3.8) is 0 Å². The fourth-order valence-corrected chi connectivity index (χ4v) is 16.0. The number of carbonyl (C=O) groups excluding carboxylic acids is 4. The number of esters is 2. The Bertz CT molecular complexity index is 4120. The number of fused-ring (bicyclic) bond motifs is 1. The maximum atomic E-state index is 15.5. The molecule has 97 heavy (non-hydrogen) atoms. The smallest absolute Gasteiger partial charge is 0.343 e. The van der Waals surface area contributed by atoms with Crippen LogP contribution >= 0.6 is 0 Å². The third kappa shape index (κ3) is 14.2. The lowest BCUT2D eigenvalue weighted by Crippen LogP contribution is -2.56. The maximum absolute atomic E-state index is 15.5. The molecule has 0 aromatic heterocycles. The van der Waals surface area contributed by atoms with Gasteiger partial charge in [0.05, 0.1) is 16.5 Å². The van der Waals surface area contributed by atoms with E-state index in [4.69, 9.17) is 23.7 Å². The zero-order chi connectivity index (χ0) is 69.5. The minimum Gasteiger partial charge on any atom is -0.487 e. The summed E-state index contributed by atoms with van der Waals surface area (Å²) in [7, 11) is 0. The van der Waals surface area contributed by atoms with Crippen LogP contribution in [-0.4, -0.2) is 34.7 Å². The highest BCUT2D eigenvalue weighted by Gasteiger charge is 2.54. The van der Waals surface area contributed by atoms with Gasteiger partial charge in [-0.05, 0) is 258 Å². The first-order valence-corrected chi connectivity index (χ1v) is 36.3. The molecule has 510 valence electrons. The topological polar surface area (TPSA) is 114 Å². The van der Waals surface area contributed by atoms with E-state index in [1.165, 1.54) is 35.1 Å². The molecule has 2 aliphatic rings. The van der Waals surface area contributed by atoms with E-state index >= 15 is 4.79 Å². The summed E-state index contributed by atoms with van der Waals surface area (Å²) in [6, 6.07) is 51.6. The van der Waals surface area contributed by atoms with Crippen LogP contribution in [0.5, 0.6) is 34.5 Å². The molecule has 0 radical (unpaired) electrons. The minimum atomic E-state index is -0.860. The van der Waals surface area contributed by atoms with Crippen molar-refractivity contribution in [3.05, 3.63) is 224 Å². The van der Waals surface area contributed by atoms with Crippen molar-refractivity contribution in [3.8, 4) is 34.5 Å². The van der Waals surface area contributed by atoms with Gasteiger partial charge in [-0.25, -0.2) is 9.59 Å². The van der Waals surface area contributed by atoms with Gasteiger partial charge in [0, 0.05) is 27.4 Å². The van der Waals surface area contributed by atoms with Gasteiger partial charge in [-0.1, -0.05) is 168 Å². The molecule has 0 spiro atoms. The van der Waals surface area contributed by atoms with E-state index in [2.05, 4.69) is 123 Å². The van der Waals surface area contributed by atoms with Crippen molar-refractivity contribution < 1.29 is 42.9 Å². The molecule has 2 saturated carbocycles. The van der Waals surface area contributed by atoms with Crippen LogP contribution in [0.3, 0.4) is 0 Å². The Balaban J connectivity index is 0.818. The van der Waals surface area contributed by atoms with Gasteiger partial charge >= 0.3 is 11.9 Å². The van der Waals surface area contributed by atoms with Gasteiger partial charge in [-0.15, -0.1) is 0 Å². The number of hydrogen-bond donors (Lipinski definition) is 0. The molecule has 9 heteroatoms. The van der Waals surface area contributed by atoms with E-state index in [0.717, 1.165) is 122 Å². The number of carbonyl (C=O) groups is 4. The summed E-state index contributed by atoms with van der Waals surface area (Å²) in [6.45, 7) is 29.5. The number of aryl methyl sites for hydroxylation is 4. The van der Waals surface area contributed by atoms with Crippen LogP contribution < -0.4 is 23.7 Å². The maximum Gasteiger partial charge on any atom is 0.343 e. The molecule has 8 aromatic carbocycles. The fourth-order valence-electron chi connectivity index (χ4n) is 16.0. The highest BCUT2D eigenvalue weighted by Crippen LogP contribution is 2.52. The monoisotopic (exact) mass is 1300 g/mol. The molecule has 0 N–H and O–H groups in total. The third-order valence-electron chi connectivity index (χ3n) is 23.4. The summed E-state index contributed by atoms with van der Waals surface area (Å²) < 4.78 is 32.4. The molecule has 0 heterocycles. The lowest BCUT2D eigenvalue weighted by atomic mass is 9.61. The normalized spacial score (nSPS) is 14.9. The third-order valence-corrected chi connectivity index (χ3v) is 23.4. The van der Waals surface area contributed by atoms with E-state index in [1.807, 2.05) is 89.2 Å². The molecule has 9 nitrogen and oxygen atoms in total. The Hall–Kier alpha value is -8.30. The Labute approximate surface area is 578 Å². The fraction of sp³-hybridized carbons (Fsp3) is 0.432. The zero-order valence-electron chi connectivity index (χ0n) is 60.4. The summed E-state index contributed by atoms with van der Waals surface area (Å²) in [6.07, 6.45) is 16.8. The minimum absolute atomic E-state index is 0.0521. The number of Topliss-reactive ketones (excluding diaryl/α,β-unsaturated/α-hetero) is 2. The van der Waals surface area contributed by atoms with E-state index in [-0.39, 0.29) is 28.0 Å². The zero-order valence-corrected chi connectivity index (χ0v) is 60.4. The number of ketones is 2. The van der Waals surface area contributed by atoms with Crippen LogP contribution in [0, 0.1) is 38.5 Å². The van der Waals surface area contributed by atoms with Crippen LogP contribution in [0.2, 0.25) is 0 Å². The highest BCUT2D eigenvalue weighted by atomic mass is 16.5. The highest BCUT2D eigenvalue weighted by molar-refractivity contribution is 6.05. The number of rotatable bonds is 27. The lowest BCUT2D eigenvalue weighted by Gasteiger charge is -2.49. The summed E-state index contributed by atoms with van der Waals surface area (Å²) in [5, 5.41) is 1.71. The summed E-state index contributed by atoms with van der Waals surface area (Å²) in [5.74, 6) is 3.23.